The first kappa shape index (κ1) is 41.7. The second-order valence-electron chi connectivity index (χ2n) is 12.3. The van der Waals surface area contributed by atoms with Gasteiger partial charge in [0, 0.05) is 6.54 Å². The molecule has 0 aliphatic heterocycles. The van der Waals surface area contributed by atoms with Crippen molar-refractivity contribution in [3.8, 4) is 0 Å². The number of halogens is 1. The van der Waals surface area contributed by atoms with Crippen molar-refractivity contribution in [2.24, 2.45) is 16.5 Å². The van der Waals surface area contributed by atoms with Gasteiger partial charge in [-0.1, -0.05) is 181 Å². The monoisotopic (exact) mass is 587 g/mol. The number of unbranched alkanes of at least 4 members (excludes halogenated alkanes) is 26. The lowest BCUT2D eigenvalue weighted by molar-refractivity contribution is 0.267. The number of aliphatic imine (C=N–C) groups is 1. The van der Waals surface area contributed by atoms with Gasteiger partial charge in [0.1, 0.15) is 0 Å². The number of rotatable bonds is 33. The zero-order valence-corrected chi connectivity index (χ0v) is 28.4. The van der Waals surface area contributed by atoms with Gasteiger partial charge in [-0.25, -0.2) is 0 Å². The molecule has 0 amide bonds. The van der Waals surface area contributed by atoms with Gasteiger partial charge in [-0.15, -0.1) is 12.4 Å². The molecule has 0 radical (unpaired) electrons. The normalized spacial score (nSPS) is 11.2. The van der Waals surface area contributed by atoms with Gasteiger partial charge < -0.3 is 16.4 Å². The first-order valence-corrected chi connectivity index (χ1v) is 18.0. The van der Waals surface area contributed by atoms with E-state index in [1.165, 1.54) is 193 Å². The summed E-state index contributed by atoms with van der Waals surface area (Å²) in [5.41, 5.74) is 11.1. The van der Waals surface area contributed by atoms with Crippen molar-refractivity contribution in [3.05, 3.63) is 0 Å². The Labute approximate surface area is 259 Å². The highest BCUT2D eigenvalue weighted by molar-refractivity contribution is 5.85. The minimum Gasteiger partial charge on any atom is -0.370 e. The molecular formula is C35H75ClN4. The molecule has 0 atom stereocenters. The Morgan fingerprint density at radius 1 is 0.400 bits per heavy atom. The molecule has 4 nitrogen and oxygen atoms in total. The fourth-order valence-electron chi connectivity index (χ4n) is 5.72. The first-order valence-electron chi connectivity index (χ1n) is 18.0. The van der Waals surface area contributed by atoms with E-state index in [1.54, 1.807) is 0 Å². The molecule has 0 aromatic rings. The summed E-state index contributed by atoms with van der Waals surface area (Å²) in [6.45, 7) is 8.74. The third-order valence-corrected chi connectivity index (χ3v) is 8.37. The first-order chi connectivity index (χ1) is 19.2. The van der Waals surface area contributed by atoms with Crippen molar-refractivity contribution in [1.82, 2.24) is 4.90 Å². The fraction of sp³-hybridized carbons (Fsp3) is 0.971. The van der Waals surface area contributed by atoms with E-state index in [-0.39, 0.29) is 18.4 Å². The van der Waals surface area contributed by atoms with Crippen LogP contribution in [0.5, 0.6) is 0 Å². The van der Waals surface area contributed by atoms with Crippen molar-refractivity contribution in [2.75, 3.05) is 26.2 Å². The lowest BCUT2D eigenvalue weighted by Gasteiger charge is -2.21. The van der Waals surface area contributed by atoms with Crippen LogP contribution in [-0.4, -0.2) is 37.0 Å². The van der Waals surface area contributed by atoms with Crippen LogP contribution in [0.2, 0.25) is 0 Å². The van der Waals surface area contributed by atoms with Crippen molar-refractivity contribution in [3.63, 3.8) is 0 Å². The molecule has 0 aliphatic rings. The summed E-state index contributed by atoms with van der Waals surface area (Å²) in [4.78, 5) is 6.84. The van der Waals surface area contributed by atoms with E-state index in [0.29, 0.717) is 0 Å². The average molecular weight is 587 g/mol. The molecule has 0 spiro atoms. The maximum Gasteiger partial charge on any atom is 0.185 e. The van der Waals surface area contributed by atoms with Crippen LogP contribution in [0.25, 0.3) is 0 Å². The smallest absolute Gasteiger partial charge is 0.185 e. The van der Waals surface area contributed by atoms with E-state index in [4.69, 9.17) is 11.5 Å². The molecule has 0 saturated carbocycles. The van der Waals surface area contributed by atoms with E-state index < -0.39 is 0 Å². The largest absolute Gasteiger partial charge is 0.370 e. The minimum atomic E-state index is 0. The molecular weight excluding hydrogens is 512 g/mol. The number of nitrogens with two attached hydrogens (primary N) is 2. The standard InChI is InChI=1S/C35H74N4.ClH/c1-3-5-7-9-11-13-15-17-19-21-23-25-27-29-32-39(34-31-38-35(36)37)33-30-28-26-24-22-20-18-16-14-12-10-8-6-4-2;/h3-34H2,1-2H3,(H4,36,37,38);1H. The maximum atomic E-state index is 5.55. The lowest BCUT2D eigenvalue weighted by atomic mass is 10.0. The van der Waals surface area contributed by atoms with E-state index in [1.807, 2.05) is 0 Å². The van der Waals surface area contributed by atoms with Gasteiger partial charge in [-0.2, -0.15) is 0 Å². The molecule has 5 heteroatoms. The molecule has 0 bridgehead atoms. The SMILES string of the molecule is CCCCCCCCCCCCCCCCN(CCCCCCCCCCCCCCCC)CCN=C(N)N.Cl. The summed E-state index contributed by atoms with van der Waals surface area (Å²) in [7, 11) is 0. The van der Waals surface area contributed by atoms with Crippen molar-refractivity contribution >= 4 is 18.4 Å². The zero-order valence-electron chi connectivity index (χ0n) is 27.6. The second-order valence-corrected chi connectivity index (χ2v) is 12.3. The molecule has 0 heterocycles. The van der Waals surface area contributed by atoms with E-state index in [0.717, 1.165) is 13.1 Å². The molecule has 40 heavy (non-hydrogen) atoms. The Morgan fingerprint density at radius 3 is 0.900 bits per heavy atom. The maximum absolute atomic E-state index is 5.55. The predicted molar refractivity (Wildman–Crippen MR) is 185 cm³/mol. The third kappa shape index (κ3) is 35.5. The highest BCUT2D eigenvalue weighted by Crippen LogP contribution is 2.15. The fourth-order valence-corrected chi connectivity index (χ4v) is 5.72. The summed E-state index contributed by atoms with van der Waals surface area (Å²) in [6, 6.07) is 0. The topological polar surface area (TPSA) is 67.6 Å². The third-order valence-electron chi connectivity index (χ3n) is 8.37. The zero-order chi connectivity index (χ0) is 28.5. The highest BCUT2D eigenvalue weighted by Gasteiger charge is 2.05. The second kappa shape index (κ2) is 36.5. The van der Waals surface area contributed by atoms with Crippen LogP contribution >= 0.6 is 12.4 Å². The van der Waals surface area contributed by atoms with Gasteiger partial charge in [-0.3, -0.25) is 4.99 Å². The molecule has 0 rings (SSSR count). The quantitative estimate of drug-likeness (QED) is 0.0456. The Hall–Kier alpha value is -0.480. The Morgan fingerprint density at radius 2 is 0.650 bits per heavy atom. The molecule has 4 N–H and O–H groups in total. The minimum absolute atomic E-state index is 0. The molecule has 0 fully saturated rings. The Balaban J connectivity index is 0. The van der Waals surface area contributed by atoms with Gasteiger partial charge in [0.15, 0.2) is 5.96 Å². The lowest BCUT2D eigenvalue weighted by Crippen LogP contribution is -2.30. The summed E-state index contributed by atoms with van der Waals surface area (Å²) >= 11 is 0. The van der Waals surface area contributed by atoms with Crippen molar-refractivity contribution < 1.29 is 0 Å². The van der Waals surface area contributed by atoms with Crippen molar-refractivity contribution in [1.29, 1.82) is 0 Å². The predicted octanol–water partition coefficient (Wildman–Crippen LogP) is 10.9. The molecule has 0 saturated heterocycles. The summed E-state index contributed by atoms with van der Waals surface area (Å²) in [5.74, 6) is 0.225. The summed E-state index contributed by atoms with van der Waals surface area (Å²) in [6.07, 6.45) is 39.8. The van der Waals surface area contributed by atoms with Crippen LogP contribution in [0.4, 0.5) is 0 Å². The average Bonchev–Trinajstić information content (AvgIpc) is 2.92. The van der Waals surface area contributed by atoms with Gasteiger partial charge in [-0.05, 0) is 25.9 Å². The number of hydrogen-bond acceptors (Lipinski definition) is 2. The van der Waals surface area contributed by atoms with Gasteiger partial charge >= 0.3 is 0 Å². The van der Waals surface area contributed by atoms with Crippen LogP contribution in [0.1, 0.15) is 194 Å². The molecule has 0 aromatic carbocycles. The number of guanidine groups is 1. The molecule has 242 valence electrons. The van der Waals surface area contributed by atoms with E-state index in [9.17, 15) is 0 Å². The summed E-state index contributed by atoms with van der Waals surface area (Å²) in [5, 5.41) is 0. The Bertz CT molecular complexity index is 450. The number of nitrogens with zero attached hydrogens (tertiary/aromatic N) is 2. The van der Waals surface area contributed by atoms with Crippen LogP contribution in [-0.2, 0) is 0 Å². The van der Waals surface area contributed by atoms with Gasteiger partial charge in [0.2, 0.25) is 0 Å². The van der Waals surface area contributed by atoms with Gasteiger partial charge in [0.05, 0.1) is 6.54 Å². The van der Waals surface area contributed by atoms with E-state index in [2.05, 4.69) is 23.7 Å². The van der Waals surface area contributed by atoms with Crippen LogP contribution in [0.15, 0.2) is 4.99 Å². The molecule has 0 aromatic heterocycles. The Kier molecular flexibility index (Phi) is 38.1. The van der Waals surface area contributed by atoms with Crippen LogP contribution in [0, 0.1) is 0 Å². The van der Waals surface area contributed by atoms with Crippen LogP contribution < -0.4 is 11.5 Å². The van der Waals surface area contributed by atoms with Crippen molar-refractivity contribution in [2.45, 2.75) is 194 Å². The van der Waals surface area contributed by atoms with E-state index >= 15 is 0 Å². The molecule has 0 unspecified atom stereocenters. The van der Waals surface area contributed by atoms with Gasteiger partial charge in [0.25, 0.3) is 0 Å². The van der Waals surface area contributed by atoms with Crippen LogP contribution in [0.3, 0.4) is 0 Å². The highest BCUT2D eigenvalue weighted by atomic mass is 35.5. The molecule has 0 aliphatic carbocycles. The summed E-state index contributed by atoms with van der Waals surface area (Å²) < 4.78 is 0. The number of hydrogen-bond donors (Lipinski definition) is 2.